The molecule has 0 aliphatic carbocycles. The Kier molecular flexibility index (Phi) is 44.5. The Morgan fingerprint density at radius 1 is 0.356 bits per heavy atom. The molecule has 6 nitrogen and oxygen atoms in total. The maximum atomic E-state index is 12.7. The summed E-state index contributed by atoms with van der Waals surface area (Å²) in [5, 5.41) is 0. The molecule has 0 aromatic rings. The average Bonchev–Trinajstić information content (AvgIpc) is 3.23. The second-order valence-corrected chi connectivity index (χ2v) is 15.6. The predicted molar refractivity (Wildman–Crippen MR) is 251 cm³/mol. The molecule has 0 N–H and O–H groups in total. The van der Waals surface area contributed by atoms with E-state index in [2.05, 4.69) is 106 Å². The van der Waals surface area contributed by atoms with E-state index < -0.39 is 6.10 Å². The Labute approximate surface area is 363 Å². The molecule has 0 radical (unpaired) electrons. The topological polar surface area (TPSA) is 78.9 Å². The molecule has 6 heteroatoms. The molecule has 0 aliphatic heterocycles. The zero-order valence-electron chi connectivity index (χ0n) is 38.2. The number of carbonyl (C=O) groups is 3. The van der Waals surface area contributed by atoms with E-state index in [9.17, 15) is 14.4 Å². The molecule has 0 aliphatic rings. The first-order valence-corrected chi connectivity index (χ1v) is 24.1. The number of ether oxygens (including phenoxy) is 3. The summed E-state index contributed by atoms with van der Waals surface area (Å²) in [6, 6.07) is 0. The lowest BCUT2D eigenvalue weighted by Gasteiger charge is -2.18. The van der Waals surface area contributed by atoms with Crippen LogP contribution in [0.15, 0.2) is 85.1 Å². The lowest BCUT2D eigenvalue weighted by Crippen LogP contribution is -2.30. The summed E-state index contributed by atoms with van der Waals surface area (Å²) in [6.45, 7) is 6.36. The van der Waals surface area contributed by atoms with Gasteiger partial charge < -0.3 is 14.2 Å². The maximum Gasteiger partial charge on any atom is 0.306 e. The van der Waals surface area contributed by atoms with E-state index in [-0.39, 0.29) is 37.5 Å². The molecular weight excluding hydrogens is 733 g/mol. The smallest absolute Gasteiger partial charge is 0.306 e. The zero-order chi connectivity index (χ0) is 43.0. The summed E-state index contributed by atoms with van der Waals surface area (Å²) < 4.78 is 16.6. The van der Waals surface area contributed by atoms with Crippen molar-refractivity contribution in [1.82, 2.24) is 0 Å². The van der Waals surface area contributed by atoms with Crippen LogP contribution in [0.4, 0.5) is 0 Å². The second kappa shape index (κ2) is 47.3. The van der Waals surface area contributed by atoms with Crippen LogP contribution in [-0.4, -0.2) is 37.2 Å². The van der Waals surface area contributed by atoms with Gasteiger partial charge in [0.05, 0.1) is 0 Å². The van der Waals surface area contributed by atoms with Gasteiger partial charge in [-0.2, -0.15) is 0 Å². The molecule has 0 aromatic carbocycles. The number of rotatable bonds is 42. The van der Waals surface area contributed by atoms with Crippen molar-refractivity contribution in [3.05, 3.63) is 85.1 Å². The number of hydrogen-bond acceptors (Lipinski definition) is 6. The predicted octanol–water partition coefficient (Wildman–Crippen LogP) is 15.6. The largest absolute Gasteiger partial charge is 0.462 e. The molecule has 0 spiro atoms. The van der Waals surface area contributed by atoms with Crippen molar-refractivity contribution in [2.45, 2.75) is 219 Å². The Bertz CT molecular complexity index is 1170. The Morgan fingerprint density at radius 3 is 1.07 bits per heavy atom. The highest BCUT2D eigenvalue weighted by Gasteiger charge is 2.19. The molecule has 336 valence electrons. The van der Waals surface area contributed by atoms with Crippen molar-refractivity contribution < 1.29 is 28.6 Å². The quantitative estimate of drug-likeness (QED) is 0.0264. The summed E-state index contributed by atoms with van der Waals surface area (Å²) in [5.41, 5.74) is 0. The van der Waals surface area contributed by atoms with E-state index in [0.717, 1.165) is 109 Å². The summed E-state index contributed by atoms with van der Waals surface area (Å²) in [4.78, 5) is 37.6. The van der Waals surface area contributed by atoms with Gasteiger partial charge in [-0.05, 0) is 96.3 Å². The minimum Gasteiger partial charge on any atom is -0.462 e. The molecule has 1 atom stereocenters. The Balaban J connectivity index is 4.28. The molecule has 0 bridgehead atoms. The van der Waals surface area contributed by atoms with E-state index in [1.807, 2.05) is 0 Å². The normalized spacial score (nSPS) is 12.8. The first kappa shape index (κ1) is 55.6. The average molecular weight is 821 g/mol. The fourth-order valence-electron chi connectivity index (χ4n) is 6.26. The van der Waals surface area contributed by atoms with Gasteiger partial charge in [-0.3, -0.25) is 14.4 Å². The lowest BCUT2D eigenvalue weighted by molar-refractivity contribution is -0.167. The maximum absolute atomic E-state index is 12.7. The SMILES string of the molecule is CC/C=C\C/C=C\C/C=C\C/C=C\CCCCC(=O)OC(COC(=O)CCCCCCC)COC(=O)CCCCCCCC/C=C\C/C=C\C/C=C\CCCCCCC. The van der Waals surface area contributed by atoms with Gasteiger partial charge in [0.25, 0.3) is 0 Å². The fourth-order valence-corrected chi connectivity index (χ4v) is 6.26. The Morgan fingerprint density at radius 2 is 0.661 bits per heavy atom. The second-order valence-electron chi connectivity index (χ2n) is 15.6. The van der Waals surface area contributed by atoms with Crippen molar-refractivity contribution in [3.8, 4) is 0 Å². The van der Waals surface area contributed by atoms with Gasteiger partial charge in [-0.15, -0.1) is 0 Å². The van der Waals surface area contributed by atoms with Gasteiger partial charge in [-0.1, -0.05) is 183 Å². The molecule has 0 fully saturated rings. The number of hydrogen-bond donors (Lipinski definition) is 0. The minimum absolute atomic E-state index is 0.0996. The van der Waals surface area contributed by atoms with Crippen molar-refractivity contribution in [2.24, 2.45) is 0 Å². The van der Waals surface area contributed by atoms with E-state index in [1.165, 1.54) is 57.8 Å². The van der Waals surface area contributed by atoms with Crippen LogP contribution < -0.4 is 0 Å². The number of carbonyl (C=O) groups excluding carboxylic acids is 3. The van der Waals surface area contributed by atoms with Crippen molar-refractivity contribution >= 4 is 17.9 Å². The lowest BCUT2D eigenvalue weighted by atomic mass is 10.1. The van der Waals surface area contributed by atoms with Crippen LogP contribution in [-0.2, 0) is 28.6 Å². The van der Waals surface area contributed by atoms with Crippen LogP contribution in [0.5, 0.6) is 0 Å². The van der Waals surface area contributed by atoms with Crippen LogP contribution in [0, 0.1) is 0 Å². The molecular formula is C53H88O6. The van der Waals surface area contributed by atoms with Crippen LogP contribution in [0.25, 0.3) is 0 Å². The minimum atomic E-state index is -0.799. The summed E-state index contributed by atoms with van der Waals surface area (Å²) in [6.07, 6.45) is 60.3. The van der Waals surface area contributed by atoms with Gasteiger partial charge in [0.2, 0.25) is 0 Å². The van der Waals surface area contributed by atoms with E-state index in [4.69, 9.17) is 14.2 Å². The first-order chi connectivity index (χ1) is 29.0. The van der Waals surface area contributed by atoms with E-state index >= 15 is 0 Å². The van der Waals surface area contributed by atoms with Crippen molar-refractivity contribution in [3.63, 3.8) is 0 Å². The van der Waals surface area contributed by atoms with Gasteiger partial charge in [-0.25, -0.2) is 0 Å². The van der Waals surface area contributed by atoms with Crippen LogP contribution in [0.1, 0.15) is 213 Å². The van der Waals surface area contributed by atoms with Crippen LogP contribution in [0.3, 0.4) is 0 Å². The summed E-state index contributed by atoms with van der Waals surface area (Å²) in [5.74, 6) is -0.974. The number of allylic oxidation sites excluding steroid dienone is 14. The molecule has 59 heavy (non-hydrogen) atoms. The highest BCUT2D eigenvalue weighted by molar-refractivity contribution is 5.71. The van der Waals surface area contributed by atoms with Crippen LogP contribution in [0.2, 0.25) is 0 Å². The molecule has 0 amide bonds. The number of esters is 3. The molecule has 0 aromatic heterocycles. The fraction of sp³-hybridized carbons (Fsp3) is 0.679. The third-order valence-electron chi connectivity index (χ3n) is 9.88. The van der Waals surface area contributed by atoms with Crippen LogP contribution >= 0.6 is 0 Å². The highest BCUT2D eigenvalue weighted by Crippen LogP contribution is 2.12. The van der Waals surface area contributed by atoms with Gasteiger partial charge in [0, 0.05) is 19.3 Å². The standard InChI is InChI=1S/C53H88O6/c1-4-7-10-13-15-17-19-21-23-24-25-26-27-28-30-31-33-35-37-40-43-46-52(55)58-49-50(48-57-51(54)45-42-39-12-9-6-3)59-53(56)47-44-41-38-36-34-32-29-22-20-18-16-14-11-8-5-2/h8,11,16,18-19,21-22,24-25,27-29,34,36,50H,4-7,9-10,12-15,17,20,23,26,30-33,35,37-49H2,1-3H3/b11-8-,18-16-,21-19-,25-24-,28-27-,29-22-,36-34-. The summed E-state index contributed by atoms with van der Waals surface area (Å²) >= 11 is 0. The molecule has 0 heterocycles. The highest BCUT2D eigenvalue weighted by atomic mass is 16.6. The Hall–Kier alpha value is -3.41. The summed E-state index contributed by atoms with van der Waals surface area (Å²) in [7, 11) is 0. The first-order valence-electron chi connectivity index (χ1n) is 24.1. The van der Waals surface area contributed by atoms with Crippen molar-refractivity contribution in [2.75, 3.05) is 13.2 Å². The third kappa shape index (κ3) is 45.5. The van der Waals surface area contributed by atoms with Gasteiger partial charge in [0.15, 0.2) is 6.10 Å². The third-order valence-corrected chi connectivity index (χ3v) is 9.88. The van der Waals surface area contributed by atoms with Crippen molar-refractivity contribution in [1.29, 1.82) is 0 Å². The van der Waals surface area contributed by atoms with E-state index in [0.29, 0.717) is 19.3 Å². The molecule has 0 saturated carbocycles. The molecule has 1 unspecified atom stereocenters. The van der Waals surface area contributed by atoms with E-state index in [1.54, 1.807) is 0 Å². The molecule has 0 rings (SSSR count). The van der Waals surface area contributed by atoms with Gasteiger partial charge in [0.1, 0.15) is 13.2 Å². The zero-order valence-corrected chi connectivity index (χ0v) is 38.2. The van der Waals surface area contributed by atoms with Gasteiger partial charge >= 0.3 is 17.9 Å². The monoisotopic (exact) mass is 821 g/mol. The molecule has 0 saturated heterocycles. The number of unbranched alkanes of at least 4 members (excludes halogenated alkanes) is 17.